The van der Waals surface area contributed by atoms with Crippen molar-refractivity contribution in [3.05, 3.63) is 91.2 Å². The number of hydrogen-bond acceptors (Lipinski definition) is 4. The van der Waals surface area contributed by atoms with Gasteiger partial charge < -0.3 is 5.11 Å². The standard InChI is InChI=1S/C26H22Br2N2O2S/c1-3-16-9-5-7-11-21(16)29-26-30(22-12-8-6-10-17(22)4-2)25(32)23(33-26)14-18-13-19(27)15-20(28)24(18)31/h5-15,31H,3-4H2,1-2H3. The maximum atomic E-state index is 13.7. The molecule has 0 aromatic heterocycles. The molecule has 4 rings (SSSR count). The Morgan fingerprint density at radius 2 is 1.67 bits per heavy atom. The minimum Gasteiger partial charge on any atom is -0.506 e. The van der Waals surface area contributed by atoms with Gasteiger partial charge in [-0.1, -0.05) is 66.2 Å². The van der Waals surface area contributed by atoms with Gasteiger partial charge in [-0.15, -0.1) is 0 Å². The van der Waals surface area contributed by atoms with Crippen molar-refractivity contribution < 1.29 is 9.90 Å². The van der Waals surface area contributed by atoms with E-state index in [2.05, 4.69) is 51.8 Å². The molecule has 168 valence electrons. The highest BCUT2D eigenvalue weighted by atomic mass is 79.9. The topological polar surface area (TPSA) is 52.9 Å². The SMILES string of the molecule is CCc1ccccc1N=C1SC(=Cc2cc(Br)cc(Br)c2O)C(=O)N1c1ccccc1CC. The van der Waals surface area contributed by atoms with Crippen molar-refractivity contribution in [2.75, 3.05) is 4.90 Å². The molecule has 1 saturated heterocycles. The third-order valence-electron chi connectivity index (χ3n) is 5.35. The quantitative estimate of drug-likeness (QED) is 0.310. The molecule has 1 fully saturated rings. The van der Waals surface area contributed by atoms with Crippen LogP contribution in [-0.2, 0) is 17.6 Å². The van der Waals surface area contributed by atoms with Crippen molar-refractivity contribution in [3.8, 4) is 5.75 Å². The summed E-state index contributed by atoms with van der Waals surface area (Å²) in [5.41, 5.74) is 4.41. The summed E-state index contributed by atoms with van der Waals surface area (Å²) >= 11 is 8.14. The number of amidine groups is 1. The third-order valence-corrected chi connectivity index (χ3v) is 7.38. The number of thioether (sulfide) groups is 1. The number of carbonyl (C=O) groups is 1. The summed E-state index contributed by atoms with van der Waals surface area (Å²) in [6.45, 7) is 4.17. The third kappa shape index (κ3) is 4.95. The van der Waals surface area contributed by atoms with Crippen molar-refractivity contribution in [2.45, 2.75) is 26.7 Å². The zero-order valence-corrected chi connectivity index (χ0v) is 22.2. The van der Waals surface area contributed by atoms with Gasteiger partial charge in [0.25, 0.3) is 5.91 Å². The summed E-state index contributed by atoms with van der Waals surface area (Å²) in [7, 11) is 0. The lowest BCUT2D eigenvalue weighted by Crippen LogP contribution is -2.29. The molecule has 0 bridgehead atoms. The Bertz CT molecular complexity index is 1290. The van der Waals surface area contributed by atoms with Crippen LogP contribution >= 0.6 is 43.6 Å². The van der Waals surface area contributed by atoms with Crippen LogP contribution in [0.2, 0.25) is 0 Å². The van der Waals surface area contributed by atoms with Crippen LogP contribution in [0.15, 0.2) is 79.5 Å². The number of carbonyl (C=O) groups excluding carboxylic acids is 1. The van der Waals surface area contributed by atoms with E-state index in [0.29, 0.717) is 20.1 Å². The van der Waals surface area contributed by atoms with Gasteiger partial charge in [0.2, 0.25) is 0 Å². The van der Waals surface area contributed by atoms with E-state index in [9.17, 15) is 9.90 Å². The Balaban J connectivity index is 1.87. The number of rotatable bonds is 5. The first kappa shape index (κ1) is 23.8. The molecular weight excluding hydrogens is 564 g/mol. The number of phenols is 1. The Hall–Kier alpha value is -2.35. The van der Waals surface area contributed by atoms with E-state index in [1.807, 2.05) is 42.5 Å². The fourth-order valence-electron chi connectivity index (χ4n) is 3.65. The molecule has 3 aromatic carbocycles. The lowest BCUT2D eigenvalue weighted by Gasteiger charge is -2.19. The van der Waals surface area contributed by atoms with Crippen LogP contribution in [0.3, 0.4) is 0 Å². The number of para-hydroxylation sites is 2. The van der Waals surface area contributed by atoms with Gasteiger partial charge >= 0.3 is 0 Å². The fourth-order valence-corrected chi connectivity index (χ4v) is 5.88. The molecule has 7 heteroatoms. The van der Waals surface area contributed by atoms with E-state index in [-0.39, 0.29) is 11.7 Å². The molecule has 1 aliphatic rings. The van der Waals surface area contributed by atoms with Gasteiger partial charge in [0.05, 0.1) is 20.8 Å². The number of anilines is 1. The second kappa shape index (κ2) is 10.3. The maximum Gasteiger partial charge on any atom is 0.271 e. The summed E-state index contributed by atoms with van der Waals surface area (Å²) in [5.74, 6) is -0.0783. The second-order valence-electron chi connectivity index (χ2n) is 7.44. The van der Waals surface area contributed by atoms with Crippen LogP contribution in [0, 0.1) is 0 Å². The number of nitrogens with zero attached hydrogens (tertiary/aromatic N) is 2. The van der Waals surface area contributed by atoms with Crippen molar-refractivity contribution in [1.29, 1.82) is 0 Å². The molecule has 1 amide bonds. The minimum atomic E-state index is -0.163. The molecule has 0 unspecified atom stereocenters. The van der Waals surface area contributed by atoms with Crippen LogP contribution in [0.5, 0.6) is 5.75 Å². The first-order chi connectivity index (χ1) is 15.9. The Morgan fingerprint density at radius 1 is 1.00 bits per heavy atom. The number of aryl methyl sites for hydroxylation is 2. The van der Waals surface area contributed by atoms with Gasteiger partial charge in [0, 0.05) is 10.0 Å². The molecule has 0 spiro atoms. The number of aliphatic imine (C=N–C) groups is 1. The van der Waals surface area contributed by atoms with E-state index in [1.54, 1.807) is 23.1 Å². The second-order valence-corrected chi connectivity index (χ2v) is 10.2. The highest BCUT2D eigenvalue weighted by Gasteiger charge is 2.36. The monoisotopic (exact) mass is 584 g/mol. The first-order valence-corrected chi connectivity index (χ1v) is 13.0. The van der Waals surface area contributed by atoms with Crippen LogP contribution in [-0.4, -0.2) is 16.2 Å². The Kier molecular flexibility index (Phi) is 7.41. The van der Waals surface area contributed by atoms with Gasteiger partial charge in [0.15, 0.2) is 5.17 Å². The van der Waals surface area contributed by atoms with Crippen LogP contribution in [0.4, 0.5) is 11.4 Å². The molecule has 3 aromatic rings. The number of hydrogen-bond donors (Lipinski definition) is 1. The van der Waals surface area contributed by atoms with Gasteiger partial charge in [-0.05, 0) is 82.0 Å². The Morgan fingerprint density at radius 3 is 2.39 bits per heavy atom. The summed E-state index contributed by atoms with van der Waals surface area (Å²) < 4.78 is 1.35. The molecule has 1 aliphatic heterocycles. The minimum absolute atomic E-state index is 0.0846. The van der Waals surface area contributed by atoms with Gasteiger partial charge in [-0.25, -0.2) is 4.99 Å². The van der Waals surface area contributed by atoms with Gasteiger partial charge in [-0.3, -0.25) is 9.69 Å². The fraction of sp³-hybridized carbons (Fsp3) is 0.154. The number of halogens is 2. The smallest absolute Gasteiger partial charge is 0.271 e. The predicted octanol–water partition coefficient (Wildman–Crippen LogP) is 7.85. The number of phenolic OH excluding ortho intramolecular Hbond substituents is 1. The van der Waals surface area contributed by atoms with Gasteiger partial charge in [0.1, 0.15) is 5.75 Å². The van der Waals surface area contributed by atoms with Crippen molar-refractivity contribution in [2.24, 2.45) is 4.99 Å². The summed E-state index contributed by atoms with van der Waals surface area (Å²) in [6.07, 6.45) is 3.36. The molecule has 0 radical (unpaired) electrons. The first-order valence-electron chi connectivity index (χ1n) is 10.6. The summed E-state index contributed by atoms with van der Waals surface area (Å²) in [4.78, 5) is 20.8. The molecule has 4 nitrogen and oxygen atoms in total. The van der Waals surface area contributed by atoms with Crippen LogP contribution in [0.1, 0.15) is 30.5 Å². The Labute approximate surface area is 214 Å². The highest BCUT2D eigenvalue weighted by Crippen LogP contribution is 2.41. The predicted molar refractivity (Wildman–Crippen MR) is 145 cm³/mol. The molecule has 1 N–H and O–H groups in total. The number of benzene rings is 3. The van der Waals surface area contributed by atoms with Crippen molar-refractivity contribution >= 4 is 72.1 Å². The zero-order valence-electron chi connectivity index (χ0n) is 18.2. The number of aromatic hydroxyl groups is 1. The molecule has 33 heavy (non-hydrogen) atoms. The maximum absolute atomic E-state index is 13.7. The van der Waals surface area contributed by atoms with E-state index < -0.39 is 0 Å². The van der Waals surface area contributed by atoms with Crippen LogP contribution < -0.4 is 4.90 Å². The largest absolute Gasteiger partial charge is 0.506 e. The lowest BCUT2D eigenvalue weighted by atomic mass is 10.1. The van der Waals surface area contributed by atoms with E-state index in [4.69, 9.17) is 4.99 Å². The van der Waals surface area contributed by atoms with Gasteiger partial charge in [-0.2, -0.15) is 0 Å². The molecule has 0 aliphatic carbocycles. The molecule has 0 atom stereocenters. The lowest BCUT2D eigenvalue weighted by molar-refractivity contribution is -0.113. The van der Waals surface area contributed by atoms with E-state index in [1.165, 1.54) is 11.8 Å². The molecular formula is C26H22Br2N2O2S. The van der Waals surface area contributed by atoms with E-state index in [0.717, 1.165) is 39.8 Å². The molecule has 0 saturated carbocycles. The van der Waals surface area contributed by atoms with Crippen molar-refractivity contribution in [1.82, 2.24) is 0 Å². The van der Waals surface area contributed by atoms with Crippen LogP contribution in [0.25, 0.3) is 6.08 Å². The summed E-state index contributed by atoms with van der Waals surface area (Å²) in [5, 5.41) is 11.1. The highest BCUT2D eigenvalue weighted by molar-refractivity contribution is 9.11. The number of amides is 1. The average molecular weight is 586 g/mol. The zero-order chi connectivity index (χ0) is 23.5. The molecule has 1 heterocycles. The average Bonchev–Trinajstić information content (AvgIpc) is 3.11. The van der Waals surface area contributed by atoms with E-state index >= 15 is 0 Å². The van der Waals surface area contributed by atoms with Crippen molar-refractivity contribution in [3.63, 3.8) is 0 Å². The summed E-state index contributed by atoms with van der Waals surface area (Å²) in [6, 6.07) is 19.4. The normalized spacial score (nSPS) is 16.2.